The minimum atomic E-state index is -0.666. The largest absolute Gasteiger partial charge is 0.392 e. The summed E-state index contributed by atoms with van der Waals surface area (Å²) in [6.07, 6.45) is 0.297. The summed E-state index contributed by atoms with van der Waals surface area (Å²) in [4.78, 5) is 33.4. The number of hydroxylamine groups is 2. The molecule has 0 spiro atoms. The molecule has 2 aromatic carbocycles. The Labute approximate surface area is 159 Å². The molecule has 1 N–H and O–H groups in total. The first-order valence-electron chi connectivity index (χ1n) is 8.88. The number of halogens is 1. The molecule has 3 aromatic rings. The summed E-state index contributed by atoms with van der Waals surface area (Å²) < 4.78 is 15.1. The Morgan fingerprint density at radius 3 is 2.82 bits per heavy atom. The maximum Gasteiger partial charge on any atom is 0.357 e. The minimum Gasteiger partial charge on any atom is -0.392 e. The highest BCUT2D eigenvalue weighted by atomic mass is 19.1. The van der Waals surface area contributed by atoms with E-state index in [9.17, 15) is 19.1 Å². The van der Waals surface area contributed by atoms with Crippen molar-refractivity contribution in [1.82, 2.24) is 14.6 Å². The highest BCUT2D eigenvalue weighted by molar-refractivity contribution is 5.89. The Kier molecular flexibility index (Phi) is 4.89. The second-order valence-corrected chi connectivity index (χ2v) is 6.72. The van der Waals surface area contributed by atoms with Crippen molar-refractivity contribution < 1.29 is 23.9 Å². The van der Waals surface area contributed by atoms with Gasteiger partial charge >= 0.3 is 5.97 Å². The zero-order valence-electron chi connectivity index (χ0n) is 14.9. The Morgan fingerprint density at radius 1 is 1.29 bits per heavy atom. The van der Waals surface area contributed by atoms with Crippen LogP contribution in [0.3, 0.4) is 0 Å². The van der Waals surface area contributed by atoms with Gasteiger partial charge in [-0.1, -0.05) is 18.2 Å². The van der Waals surface area contributed by atoms with E-state index in [1.54, 1.807) is 41.0 Å². The highest BCUT2D eigenvalue weighted by Crippen LogP contribution is 2.24. The first kappa shape index (κ1) is 18.3. The summed E-state index contributed by atoms with van der Waals surface area (Å²) in [5, 5.41) is 11.5. The summed E-state index contributed by atoms with van der Waals surface area (Å²) in [6.45, 7) is 0.427. The second kappa shape index (κ2) is 7.49. The lowest BCUT2D eigenvalue weighted by molar-refractivity contribution is -0.125. The number of β-amino-alcohol motifs (C(OH)–C–C–N with tert-alkyl or cyclic N) is 1. The van der Waals surface area contributed by atoms with Gasteiger partial charge in [-0.2, -0.15) is 0 Å². The van der Waals surface area contributed by atoms with E-state index in [4.69, 9.17) is 4.84 Å². The Morgan fingerprint density at radius 2 is 2.07 bits per heavy atom. The molecule has 144 valence electrons. The molecule has 0 aliphatic carbocycles. The normalized spacial score (nSPS) is 19.8. The van der Waals surface area contributed by atoms with Gasteiger partial charge in [-0.25, -0.2) is 14.2 Å². The van der Waals surface area contributed by atoms with Crippen molar-refractivity contribution >= 4 is 23.3 Å². The van der Waals surface area contributed by atoms with Gasteiger partial charge in [0.05, 0.1) is 35.3 Å². The molecule has 1 aromatic heterocycles. The van der Waals surface area contributed by atoms with Gasteiger partial charge in [0, 0.05) is 12.6 Å². The van der Waals surface area contributed by atoms with Crippen molar-refractivity contribution in [3.05, 3.63) is 65.7 Å². The molecule has 8 heteroatoms. The first-order valence-corrected chi connectivity index (χ1v) is 8.88. The maximum atomic E-state index is 13.5. The maximum absolute atomic E-state index is 13.5. The monoisotopic (exact) mass is 383 g/mol. The van der Waals surface area contributed by atoms with Crippen LogP contribution in [0.4, 0.5) is 4.39 Å². The molecule has 0 bridgehead atoms. The van der Waals surface area contributed by atoms with Crippen LogP contribution >= 0.6 is 0 Å². The molecule has 1 fully saturated rings. The van der Waals surface area contributed by atoms with E-state index in [1.807, 2.05) is 0 Å². The number of hydrogen-bond acceptors (Lipinski definition) is 6. The van der Waals surface area contributed by atoms with E-state index in [-0.39, 0.29) is 25.0 Å². The number of aliphatic hydroxyl groups excluding tert-OH is 1. The van der Waals surface area contributed by atoms with Gasteiger partial charge in [-0.3, -0.25) is 4.79 Å². The van der Waals surface area contributed by atoms with Crippen molar-refractivity contribution in [3.8, 4) is 0 Å². The zero-order valence-corrected chi connectivity index (χ0v) is 14.9. The SMILES string of the molecule is O=Cc1nc2cc(F)ccc2n1C[C@@H]1CC(O)CN1OC(=O)c1ccccc1. The molecular formula is C20H18FN3O4. The molecule has 1 unspecified atom stereocenters. The third-order valence-electron chi connectivity index (χ3n) is 4.79. The fraction of sp³-hybridized carbons (Fsp3) is 0.250. The molecular weight excluding hydrogens is 365 g/mol. The highest BCUT2D eigenvalue weighted by Gasteiger charge is 2.35. The fourth-order valence-electron chi connectivity index (χ4n) is 3.49. The lowest BCUT2D eigenvalue weighted by atomic mass is 10.2. The number of aldehydes is 1. The number of hydrogen-bond donors (Lipinski definition) is 1. The minimum absolute atomic E-state index is 0.149. The smallest absolute Gasteiger partial charge is 0.357 e. The first-order chi connectivity index (χ1) is 13.5. The van der Waals surface area contributed by atoms with Gasteiger partial charge < -0.3 is 14.5 Å². The van der Waals surface area contributed by atoms with E-state index in [0.29, 0.717) is 29.3 Å². The van der Waals surface area contributed by atoms with E-state index in [1.165, 1.54) is 17.2 Å². The number of benzene rings is 2. The van der Waals surface area contributed by atoms with Crippen LogP contribution in [0.1, 0.15) is 27.4 Å². The molecule has 2 atom stereocenters. The topological polar surface area (TPSA) is 84.7 Å². The number of aliphatic hydroxyl groups is 1. The average Bonchev–Trinajstić information content (AvgIpc) is 3.21. The summed E-state index contributed by atoms with van der Waals surface area (Å²) in [7, 11) is 0. The number of carbonyl (C=O) groups is 2. The average molecular weight is 383 g/mol. The van der Waals surface area contributed by atoms with Crippen LogP contribution in [0, 0.1) is 5.82 Å². The number of nitrogens with zero attached hydrogens (tertiary/aromatic N) is 3. The van der Waals surface area contributed by atoms with Gasteiger partial charge in [0.15, 0.2) is 12.1 Å². The molecule has 28 heavy (non-hydrogen) atoms. The molecule has 0 radical (unpaired) electrons. The van der Waals surface area contributed by atoms with E-state index in [2.05, 4.69) is 4.98 Å². The van der Waals surface area contributed by atoms with Crippen LogP contribution in [0.15, 0.2) is 48.5 Å². The van der Waals surface area contributed by atoms with Crippen LogP contribution in [0.2, 0.25) is 0 Å². The molecule has 0 amide bonds. The lowest BCUT2D eigenvalue weighted by Gasteiger charge is -2.23. The summed E-state index contributed by atoms with van der Waals surface area (Å²) in [5.41, 5.74) is 1.37. The number of imidazole rings is 1. The second-order valence-electron chi connectivity index (χ2n) is 6.72. The van der Waals surface area contributed by atoms with Crippen LogP contribution in [0.5, 0.6) is 0 Å². The van der Waals surface area contributed by atoms with Crippen LogP contribution < -0.4 is 0 Å². The summed E-state index contributed by atoms with van der Waals surface area (Å²) >= 11 is 0. The van der Waals surface area contributed by atoms with Gasteiger partial charge in [0.25, 0.3) is 0 Å². The molecule has 7 nitrogen and oxygen atoms in total. The number of fused-ring (bicyclic) bond motifs is 1. The molecule has 0 saturated carbocycles. The molecule has 1 aliphatic heterocycles. The number of aromatic nitrogens is 2. The predicted octanol–water partition coefficient (Wildman–Crippen LogP) is 2.20. The van der Waals surface area contributed by atoms with Gasteiger partial charge in [0.2, 0.25) is 0 Å². The van der Waals surface area contributed by atoms with E-state index < -0.39 is 17.9 Å². The lowest BCUT2D eigenvalue weighted by Crippen LogP contribution is -2.35. The number of rotatable bonds is 5. The molecule has 4 rings (SSSR count). The Bertz CT molecular complexity index is 1020. The van der Waals surface area contributed by atoms with Crippen molar-refractivity contribution in [2.75, 3.05) is 6.54 Å². The van der Waals surface area contributed by atoms with Crippen LogP contribution in [0.25, 0.3) is 11.0 Å². The third kappa shape index (κ3) is 3.51. The Hall–Kier alpha value is -3.10. The molecule has 1 aliphatic rings. The van der Waals surface area contributed by atoms with E-state index >= 15 is 0 Å². The van der Waals surface area contributed by atoms with Crippen molar-refractivity contribution in [1.29, 1.82) is 0 Å². The van der Waals surface area contributed by atoms with Gasteiger partial charge in [-0.15, -0.1) is 5.06 Å². The van der Waals surface area contributed by atoms with Crippen molar-refractivity contribution in [3.63, 3.8) is 0 Å². The third-order valence-corrected chi connectivity index (χ3v) is 4.79. The quantitative estimate of drug-likeness (QED) is 0.680. The van der Waals surface area contributed by atoms with Crippen LogP contribution in [-0.4, -0.2) is 50.7 Å². The van der Waals surface area contributed by atoms with Crippen molar-refractivity contribution in [2.45, 2.75) is 25.1 Å². The van der Waals surface area contributed by atoms with E-state index in [0.717, 1.165) is 0 Å². The molecule has 2 heterocycles. The molecule has 1 saturated heterocycles. The fourth-order valence-corrected chi connectivity index (χ4v) is 3.49. The Balaban J connectivity index is 1.59. The standard InChI is InChI=1S/C20H18FN3O4/c21-14-6-7-18-17(8-14)22-19(12-25)23(18)10-15-9-16(26)11-24(15)28-20(27)13-4-2-1-3-5-13/h1-8,12,15-16,26H,9-11H2/t15-,16?/m0/s1. The van der Waals surface area contributed by atoms with Crippen LogP contribution in [-0.2, 0) is 11.4 Å². The summed E-state index contributed by atoms with van der Waals surface area (Å²) in [6, 6.07) is 12.3. The van der Waals surface area contributed by atoms with Gasteiger partial charge in [-0.05, 0) is 30.7 Å². The van der Waals surface area contributed by atoms with Crippen molar-refractivity contribution in [2.24, 2.45) is 0 Å². The summed E-state index contributed by atoms with van der Waals surface area (Å²) in [5.74, 6) is -0.812. The zero-order chi connectivity index (χ0) is 19.7. The van der Waals surface area contributed by atoms with Gasteiger partial charge in [0.1, 0.15) is 5.82 Å². The number of carbonyl (C=O) groups excluding carboxylic acids is 2. The predicted molar refractivity (Wildman–Crippen MR) is 98.1 cm³/mol.